The molecule has 0 saturated carbocycles. The van der Waals surface area contributed by atoms with E-state index in [4.69, 9.17) is 5.11 Å². The first-order valence-electron chi connectivity index (χ1n) is 4.51. The Labute approximate surface area is 82.3 Å². The van der Waals surface area contributed by atoms with Gasteiger partial charge >= 0.3 is 0 Å². The van der Waals surface area contributed by atoms with E-state index in [-0.39, 0.29) is 6.61 Å². The van der Waals surface area contributed by atoms with Crippen molar-refractivity contribution in [3.63, 3.8) is 0 Å². The highest BCUT2D eigenvalue weighted by Crippen LogP contribution is 2.08. The number of imidazole rings is 1. The lowest BCUT2D eigenvalue weighted by atomic mass is 10.3. The molecule has 2 aromatic heterocycles. The fraction of sp³-hybridized carbons (Fsp3) is 0.182. The Morgan fingerprint density at radius 2 is 2.43 bits per heavy atom. The van der Waals surface area contributed by atoms with Crippen LogP contribution in [0.4, 0.5) is 0 Å². The van der Waals surface area contributed by atoms with Gasteiger partial charge in [-0.2, -0.15) is 0 Å². The minimum atomic E-state index is 0.0773. The number of rotatable bonds is 2. The molecule has 2 aromatic rings. The first-order chi connectivity index (χ1) is 6.79. The Morgan fingerprint density at radius 1 is 1.57 bits per heavy atom. The van der Waals surface area contributed by atoms with Crippen LogP contribution in [-0.4, -0.2) is 21.1 Å². The third kappa shape index (κ3) is 1.67. The van der Waals surface area contributed by atoms with Crippen molar-refractivity contribution in [3.8, 4) is 0 Å². The third-order valence-corrected chi connectivity index (χ3v) is 2.03. The van der Waals surface area contributed by atoms with E-state index in [0.29, 0.717) is 0 Å². The predicted molar refractivity (Wildman–Crippen MR) is 55.9 cm³/mol. The Morgan fingerprint density at radius 3 is 3.14 bits per heavy atom. The summed E-state index contributed by atoms with van der Waals surface area (Å²) < 4.78 is 1.95. The second-order valence-electron chi connectivity index (χ2n) is 3.28. The molecule has 3 nitrogen and oxygen atoms in total. The molecular weight excluding hydrogens is 176 g/mol. The van der Waals surface area contributed by atoms with Gasteiger partial charge in [-0.1, -0.05) is 6.07 Å². The number of aromatic nitrogens is 2. The van der Waals surface area contributed by atoms with Crippen LogP contribution in [0, 0.1) is 0 Å². The highest BCUT2D eigenvalue weighted by Gasteiger charge is 1.97. The van der Waals surface area contributed by atoms with E-state index in [1.165, 1.54) is 0 Å². The van der Waals surface area contributed by atoms with Crippen LogP contribution < -0.4 is 0 Å². The van der Waals surface area contributed by atoms with Crippen molar-refractivity contribution in [2.45, 2.75) is 6.92 Å². The molecule has 0 saturated heterocycles. The van der Waals surface area contributed by atoms with E-state index in [9.17, 15) is 0 Å². The van der Waals surface area contributed by atoms with Crippen molar-refractivity contribution in [3.05, 3.63) is 41.9 Å². The summed E-state index contributed by atoms with van der Waals surface area (Å²) in [5.74, 6) is 0. The zero-order valence-electron chi connectivity index (χ0n) is 8.01. The SMILES string of the molecule is C/C(=C/c1cn2ccccc2n1)CO. The highest BCUT2D eigenvalue weighted by atomic mass is 16.3. The Hall–Kier alpha value is -1.61. The van der Waals surface area contributed by atoms with Crippen molar-refractivity contribution in [1.82, 2.24) is 9.38 Å². The number of aliphatic hydroxyl groups is 1. The molecule has 0 fully saturated rings. The molecule has 72 valence electrons. The average molecular weight is 188 g/mol. The fourth-order valence-corrected chi connectivity index (χ4v) is 1.32. The molecule has 0 atom stereocenters. The molecule has 0 unspecified atom stereocenters. The van der Waals surface area contributed by atoms with E-state index in [1.807, 2.05) is 48.0 Å². The van der Waals surface area contributed by atoms with E-state index < -0.39 is 0 Å². The molecule has 0 aliphatic rings. The maximum atomic E-state index is 8.87. The predicted octanol–water partition coefficient (Wildman–Crippen LogP) is 1.73. The zero-order valence-corrected chi connectivity index (χ0v) is 8.01. The van der Waals surface area contributed by atoms with Gasteiger partial charge in [-0.25, -0.2) is 4.98 Å². The van der Waals surface area contributed by atoms with Crippen LogP contribution in [0.15, 0.2) is 36.2 Å². The van der Waals surface area contributed by atoms with Gasteiger partial charge in [0, 0.05) is 12.4 Å². The van der Waals surface area contributed by atoms with Crippen molar-refractivity contribution in [1.29, 1.82) is 0 Å². The smallest absolute Gasteiger partial charge is 0.137 e. The largest absolute Gasteiger partial charge is 0.392 e. The van der Waals surface area contributed by atoms with Gasteiger partial charge in [0.2, 0.25) is 0 Å². The summed E-state index contributed by atoms with van der Waals surface area (Å²) in [4.78, 5) is 4.38. The number of pyridine rings is 1. The van der Waals surface area contributed by atoms with Crippen LogP contribution in [0.25, 0.3) is 11.7 Å². The van der Waals surface area contributed by atoms with Gasteiger partial charge in [0.05, 0.1) is 12.3 Å². The molecule has 0 amide bonds. The Balaban J connectivity index is 2.45. The topological polar surface area (TPSA) is 37.5 Å². The summed E-state index contributed by atoms with van der Waals surface area (Å²) in [5.41, 5.74) is 2.71. The Kier molecular flexibility index (Phi) is 2.33. The minimum Gasteiger partial charge on any atom is -0.392 e. The van der Waals surface area contributed by atoms with Gasteiger partial charge in [-0.3, -0.25) is 0 Å². The lowest BCUT2D eigenvalue weighted by Crippen LogP contribution is -1.83. The quantitative estimate of drug-likeness (QED) is 0.779. The lowest BCUT2D eigenvalue weighted by Gasteiger charge is -1.89. The van der Waals surface area contributed by atoms with Crippen LogP contribution in [-0.2, 0) is 0 Å². The molecule has 0 radical (unpaired) electrons. The van der Waals surface area contributed by atoms with Crippen molar-refractivity contribution >= 4 is 11.7 Å². The maximum Gasteiger partial charge on any atom is 0.137 e. The third-order valence-electron chi connectivity index (χ3n) is 2.03. The lowest BCUT2D eigenvalue weighted by molar-refractivity contribution is 0.332. The number of aliphatic hydroxyl groups excluding tert-OH is 1. The standard InChI is InChI=1S/C11H12N2O/c1-9(8-14)6-10-7-13-5-3-2-4-11(13)12-10/h2-7,14H,8H2,1H3/b9-6-. The van der Waals surface area contributed by atoms with Gasteiger partial charge in [0.25, 0.3) is 0 Å². The van der Waals surface area contributed by atoms with Crippen LogP contribution in [0.3, 0.4) is 0 Å². The Bertz CT molecular complexity index is 438. The number of hydrogen-bond donors (Lipinski definition) is 1. The number of nitrogens with zero attached hydrogens (tertiary/aromatic N) is 2. The maximum absolute atomic E-state index is 8.87. The summed E-state index contributed by atoms with van der Waals surface area (Å²) >= 11 is 0. The fourth-order valence-electron chi connectivity index (χ4n) is 1.32. The van der Waals surface area contributed by atoms with Gasteiger partial charge in [0.1, 0.15) is 5.65 Å². The summed E-state index contributed by atoms with van der Waals surface area (Å²) in [6.07, 6.45) is 5.77. The van der Waals surface area contributed by atoms with Crippen LogP contribution in [0.5, 0.6) is 0 Å². The van der Waals surface area contributed by atoms with Gasteiger partial charge in [0.15, 0.2) is 0 Å². The normalized spacial score (nSPS) is 12.3. The number of hydrogen-bond acceptors (Lipinski definition) is 2. The molecule has 0 aliphatic heterocycles. The molecule has 0 bridgehead atoms. The average Bonchev–Trinajstić information content (AvgIpc) is 2.59. The van der Waals surface area contributed by atoms with E-state index in [0.717, 1.165) is 16.9 Å². The monoisotopic (exact) mass is 188 g/mol. The molecule has 0 aromatic carbocycles. The second kappa shape index (κ2) is 3.64. The van der Waals surface area contributed by atoms with E-state index in [1.54, 1.807) is 0 Å². The molecule has 0 spiro atoms. The van der Waals surface area contributed by atoms with E-state index >= 15 is 0 Å². The van der Waals surface area contributed by atoms with Crippen molar-refractivity contribution < 1.29 is 5.11 Å². The summed E-state index contributed by atoms with van der Waals surface area (Å²) in [6, 6.07) is 5.86. The molecule has 0 aliphatic carbocycles. The second-order valence-corrected chi connectivity index (χ2v) is 3.28. The molecule has 14 heavy (non-hydrogen) atoms. The van der Waals surface area contributed by atoms with Gasteiger partial charge < -0.3 is 9.51 Å². The summed E-state index contributed by atoms with van der Waals surface area (Å²) in [5, 5.41) is 8.87. The molecule has 2 rings (SSSR count). The van der Waals surface area contributed by atoms with Crippen molar-refractivity contribution in [2.24, 2.45) is 0 Å². The van der Waals surface area contributed by atoms with E-state index in [2.05, 4.69) is 4.98 Å². The molecule has 1 N–H and O–H groups in total. The van der Waals surface area contributed by atoms with Gasteiger partial charge in [-0.15, -0.1) is 0 Å². The minimum absolute atomic E-state index is 0.0773. The van der Waals surface area contributed by atoms with Crippen LogP contribution >= 0.6 is 0 Å². The summed E-state index contributed by atoms with van der Waals surface area (Å²) in [6.45, 7) is 1.96. The van der Waals surface area contributed by atoms with Crippen LogP contribution in [0.1, 0.15) is 12.6 Å². The molecule has 2 heterocycles. The zero-order chi connectivity index (χ0) is 9.97. The first-order valence-corrected chi connectivity index (χ1v) is 4.51. The van der Waals surface area contributed by atoms with Crippen LogP contribution in [0.2, 0.25) is 0 Å². The van der Waals surface area contributed by atoms with Crippen molar-refractivity contribution in [2.75, 3.05) is 6.61 Å². The molecule has 3 heteroatoms. The summed E-state index contributed by atoms with van der Waals surface area (Å²) in [7, 11) is 0. The number of fused-ring (bicyclic) bond motifs is 1. The first kappa shape index (κ1) is 8.97. The molecular formula is C11H12N2O. The highest BCUT2D eigenvalue weighted by molar-refractivity contribution is 5.53. The van der Waals surface area contributed by atoms with Gasteiger partial charge in [-0.05, 0) is 30.7 Å².